The molecule has 1 aromatic rings. The number of nitriles is 1. The van der Waals surface area contributed by atoms with Crippen molar-refractivity contribution in [1.82, 2.24) is 9.29 Å². The van der Waals surface area contributed by atoms with Crippen molar-refractivity contribution in [3.63, 3.8) is 0 Å². The first-order chi connectivity index (χ1) is 9.82. The van der Waals surface area contributed by atoms with Gasteiger partial charge in [0.25, 0.3) is 10.0 Å². The molecule has 1 aliphatic heterocycles. The molecule has 2 rings (SSSR count). The Hall–Kier alpha value is -1.54. The van der Waals surface area contributed by atoms with E-state index in [-0.39, 0.29) is 21.9 Å². The van der Waals surface area contributed by atoms with Gasteiger partial charge in [-0.2, -0.15) is 9.57 Å². The number of amides is 1. The fraction of sp³-hybridized carbons (Fsp3) is 0.545. The van der Waals surface area contributed by atoms with Crippen molar-refractivity contribution in [2.75, 3.05) is 25.6 Å². The van der Waals surface area contributed by atoms with Crippen LogP contribution < -0.4 is 5.32 Å². The van der Waals surface area contributed by atoms with Gasteiger partial charge in [0, 0.05) is 27.0 Å². The van der Waals surface area contributed by atoms with Crippen LogP contribution in [-0.2, 0) is 19.6 Å². The van der Waals surface area contributed by atoms with E-state index in [4.69, 9.17) is 4.74 Å². The summed E-state index contributed by atoms with van der Waals surface area (Å²) in [5, 5.41) is 11.9. The number of rotatable bonds is 4. The highest BCUT2D eigenvalue weighted by Crippen LogP contribution is 2.32. The highest BCUT2D eigenvalue weighted by molar-refractivity contribution is 7.91. The van der Waals surface area contributed by atoms with Gasteiger partial charge in [-0.05, 0) is 0 Å². The van der Waals surface area contributed by atoms with Gasteiger partial charge in [0.1, 0.15) is 5.54 Å². The Balaban J connectivity index is 2.31. The summed E-state index contributed by atoms with van der Waals surface area (Å²) in [7, 11) is -2.52. The smallest absolute Gasteiger partial charge is 0.255 e. The van der Waals surface area contributed by atoms with E-state index in [2.05, 4.69) is 10.3 Å². The molecule has 1 N–H and O–H groups in total. The van der Waals surface area contributed by atoms with E-state index in [9.17, 15) is 18.5 Å². The topological polar surface area (TPSA) is 112 Å². The van der Waals surface area contributed by atoms with Crippen LogP contribution >= 0.6 is 11.3 Å². The summed E-state index contributed by atoms with van der Waals surface area (Å²) in [6.45, 7) is 1.69. The summed E-state index contributed by atoms with van der Waals surface area (Å²) in [4.78, 5) is 14.8. The number of carbonyl (C=O) groups is 1. The van der Waals surface area contributed by atoms with Gasteiger partial charge >= 0.3 is 0 Å². The van der Waals surface area contributed by atoms with Crippen LogP contribution in [0.1, 0.15) is 13.3 Å². The average Bonchev–Trinajstić information content (AvgIpc) is 3.06. The molecule has 0 aliphatic carbocycles. The Kier molecular flexibility index (Phi) is 4.29. The Morgan fingerprint density at radius 1 is 1.67 bits per heavy atom. The molecule has 2 heterocycles. The molecule has 10 heteroatoms. The molecule has 1 fully saturated rings. The predicted molar refractivity (Wildman–Crippen MR) is 75.1 cm³/mol. The lowest BCUT2D eigenvalue weighted by Crippen LogP contribution is -2.48. The summed E-state index contributed by atoms with van der Waals surface area (Å²) in [5.74, 6) is -0.334. The van der Waals surface area contributed by atoms with Crippen molar-refractivity contribution in [1.29, 1.82) is 5.26 Å². The summed E-state index contributed by atoms with van der Waals surface area (Å²) >= 11 is 0.842. The third-order valence-electron chi connectivity index (χ3n) is 3.19. The standard InChI is InChI=1S/C11H14N4O4S2/c1-8(16)14-10-13-5-9(20-10)21(17,18)15(2)11(6-12)3-4-19-7-11/h5H,3-4,7H2,1-2H3,(H,13,14,16). The van der Waals surface area contributed by atoms with Crippen LogP contribution in [0.4, 0.5) is 5.13 Å². The summed E-state index contributed by atoms with van der Waals surface area (Å²) < 4.78 is 31.3. The maximum Gasteiger partial charge on any atom is 0.255 e. The first-order valence-corrected chi connectivity index (χ1v) is 8.29. The molecule has 0 aromatic carbocycles. The van der Waals surface area contributed by atoms with Gasteiger partial charge in [0.2, 0.25) is 5.91 Å². The quantitative estimate of drug-likeness (QED) is 0.855. The predicted octanol–water partition coefficient (Wildman–Crippen LogP) is 0.405. The Morgan fingerprint density at radius 3 is 2.90 bits per heavy atom. The third-order valence-corrected chi connectivity index (χ3v) is 6.47. The lowest BCUT2D eigenvalue weighted by Gasteiger charge is -2.29. The van der Waals surface area contributed by atoms with Crippen molar-refractivity contribution in [3.8, 4) is 6.07 Å². The van der Waals surface area contributed by atoms with Crippen molar-refractivity contribution >= 4 is 32.4 Å². The second-order valence-corrected chi connectivity index (χ2v) is 7.81. The number of sulfonamides is 1. The fourth-order valence-electron chi connectivity index (χ4n) is 1.91. The normalized spacial score (nSPS) is 22.2. The molecular formula is C11H14N4O4S2. The summed E-state index contributed by atoms with van der Waals surface area (Å²) in [6.07, 6.45) is 1.49. The number of nitrogens with zero attached hydrogens (tertiary/aromatic N) is 3. The number of anilines is 1. The zero-order valence-corrected chi connectivity index (χ0v) is 13.1. The molecule has 0 spiro atoms. The van der Waals surface area contributed by atoms with Crippen LogP contribution in [0.5, 0.6) is 0 Å². The van der Waals surface area contributed by atoms with E-state index in [0.29, 0.717) is 13.0 Å². The monoisotopic (exact) mass is 330 g/mol. The molecule has 1 unspecified atom stereocenters. The minimum absolute atomic E-state index is 0.0322. The van der Waals surface area contributed by atoms with E-state index in [1.54, 1.807) is 0 Å². The highest BCUT2D eigenvalue weighted by Gasteiger charge is 2.46. The van der Waals surface area contributed by atoms with Gasteiger partial charge < -0.3 is 10.1 Å². The van der Waals surface area contributed by atoms with Crippen molar-refractivity contribution in [2.45, 2.75) is 23.1 Å². The van der Waals surface area contributed by atoms with Gasteiger partial charge in [-0.15, -0.1) is 0 Å². The number of likely N-dealkylation sites (N-methyl/N-ethyl adjacent to an activating group) is 1. The second-order valence-electron chi connectivity index (χ2n) is 4.58. The Bertz CT molecular complexity index is 685. The van der Waals surface area contributed by atoms with E-state index in [0.717, 1.165) is 15.6 Å². The van der Waals surface area contributed by atoms with Crippen molar-refractivity contribution in [2.24, 2.45) is 0 Å². The van der Waals surface area contributed by atoms with E-state index >= 15 is 0 Å². The molecule has 1 amide bonds. The molecule has 21 heavy (non-hydrogen) atoms. The Labute approximate surface area is 126 Å². The van der Waals surface area contributed by atoms with E-state index < -0.39 is 15.6 Å². The molecule has 1 atom stereocenters. The number of hydrogen-bond donors (Lipinski definition) is 1. The minimum atomic E-state index is -3.87. The maximum atomic E-state index is 12.6. The van der Waals surface area contributed by atoms with Crippen LogP contribution in [0.2, 0.25) is 0 Å². The highest BCUT2D eigenvalue weighted by atomic mass is 32.2. The van der Waals surface area contributed by atoms with E-state index in [1.165, 1.54) is 20.2 Å². The number of nitrogens with one attached hydrogen (secondary N) is 1. The lowest BCUT2D eigenvalue weighted by atomic mass is 10.0. The van der Waals surface area contributed by atoms with Crippen molar-refractivity contribution in [3.05, 3.63) is 6.20 Å². The van der Waals surface area contributed by atoms with Crippen LogP contribution in [-0.4, -0.2) is 49.4 Å². The second kappa shape index (κ2) is 5.69. The maximum absolute atomic E-state index is 12.6. The number of carbonyl (C=O) groups excluding carboxylic acids is 1. The molecule has 0 saturated carbocycles. The fourth-order valence-corrected chi connectivity index (χ4v) is 4.60. The first-order valence-electron chi connectivity index (χ1n) is 6.03. The number of aromatic nitrogens is 1. The zero-order chi connectivity index (χ0) is 15.7. The molecule has 1 aromatic heterocycles. The van der Waals surface area contributed by atoms with Gasteiger partial charge in [-0.3, -0.25) is 4.79 Å². The third kappa shape index (κ3) is 2.91. The molecule has 114 valence electrons. The SMILES string of the molecule is CC(=O)Nc1ncc(S(=O)(=O)N(C)C2(C#N)CCOC2)s1. The number of ether oxygens (including phenoxy) is 1. The Morgan fingerprint density at radius 2 is 2.38 bits per heavy atom. The summed E-state index contributed by atoms with van der Waals surface area (Å²) in [6, 6.07) is 2.03. The van der Waals surface area contributed by atoms with Gasteiger partial charge in [-0.1, -0.05) is 11.3 Å². The lowest BCUT2D eigenvalue weighted by molar-refractivity contribution is -0.114. The number of thiazole rings is 1. The van der Waals surface area contributed by atoms with Crippen LogP contribution in [0.15, 0.2) is 10.4 Å². The molecular weight excluding hydrogens is 316 g/mol. The minimum Gasteiger partial charge on any atom is -0.378 e. The van der Waals surface area contributed by atoms with Crippen LogP contribution in [0.3, 0.4) is 0 Å². The van der Waals surface area contributed by atoms with Gasteiger partial charge in [0.15, 0.2) is 9.34 Å². The summed E-state index contributed by atoms with van der Waals surface area (Å²) in [5.41, 5.74) is -1.20. The number of hydrogen-bond acceptors (Lipinski definition) is 7. The molecule has 1 aliphatic rings. The van der Waals surface area contributed by atoms with Crippen LogP contribution in [0, 0.1) is 11.3 Å². The molecule has 8 nitrogen and oxygen atoms in total. The molecule has 0 bridgehead atoms. The average molecular weight is 330 g/mol. The molecule has 0 radical (unpaired) electrons. The van der Waals surface area contributed by atoms with Gasteiger partial charge in [0.05, 0.1) is 18.9 Å². The zero-order valence-electron chi connectivity index (χ0n) is 11.5. The van der Waals surface area contributed by atoms with Crippen molar-refractivity contribution < 1.29 is 17.9 Å². The van der Waals surface area contributed by atoms with E-state index in [1.807, 2.05) is 6.07 Å². The molecule has 1 saturated heterocycles. The van der Waals surface area contributed by atoms with Gasteiger partial charge in [-0.25, -0.2) is 13.4 Å². The van der Waals surface area contributed by atoms with Crippen LogP contribution in [0.25, 0.3) is 0 Å². The first kappa shape index (κ1) is 15.8. The largest absolute Gasteiger partial charge is 0.378 e.